The molecule has 2 N–H and O–H groups in total. The molecule has 0 saturated heterocycles. The van der Waals surface area contributed by atoms with E-state index < -0.39 is 6.03 Å². The Hall–Kier alpha value is -2.21. The van der Waals surface area contributed by atoms with Crippen molar-refractivity contribution in [1.82, 2.24) is 10.3 Å². The van der Waals surface area contributed by atoms with Gasteiger partial charge in [-0.2, -0.15) is 0 Å². The molecule has 18 heavy (non-hydrogen) atoms. The molecule has 0 aliphatic rings. The minimum Gasteiger partial charge on any atom is -0.314 e. The molecular formula is C12H10FN3OS. The molecule has 1 heterocycles. The zero-order valence-corrected chi connectivity index (χ0v) is 10.1. The van der Waals surface area contributed by atoms with Crippen LogP contribution in [0.2, 0.25) is 0 Å². The molecule has 0 radical (unpaired) electrons. The standard InChI is InChI=1S/C12H10FN3OS/c13-10-4-2-1-3-9(10)5-6-14-11(17)16-12-15-7-8-18-12/h1-8H,(H2,14,15,16,17)/b6-5+. The van der Waals surface area contributed by atoms with E-state index >= 15 is 0 Å². The van der Waals surface area contributed by atoms with Gasteiger partial charge in [-0.05, 0) is 12.1 Å². The molecule has 1 aromatic heterocycles. The third-order valence-electron chi connectivity index (χ3n) is 2.04. The summed E-state index contributed by atoms with van der Waals surface area (Å²) in [6.07, 6.45) is 4.45. The van der Waals surface area contributed by atoms with Crippen molar-refractivity contribution in [2.45, 2.75) is 0 Å². The van der Waals surface area contributed by atoms with Crippen molar-refractivity contribution < 1.29 is 9.18 Å². The number of nitrogens with one attached hydrogen (secondary N) is 2. The molecule has 0 aliphatic heterocycles. The Labute approximate surface area is 107 Å². The first kappa shape index (κ1) is 12.3. The maximum Gasteiger partial charge on any atom is 0.325 e. The molecule has 0 saturated carbocycles. The van der Waals surface area contributed by atoms with Crippen LogP contribution in [0.4, 0.5) is 14.3 Å². The van der Waals surface area contributed by atoms with Crippen LogP contribution in [0.15, 0.2) is 42.0 Å². The number of hydrogen-bond acceptors (Lipinski definition) is 3. The second kappa shape index (κ2) is 5.92. The Morgan fingerprint density at radius 1 is 1.39 bits per heavy atom. The first-order chi connectivity index (χ1) is 8.75. The average molecular weight is 263 g/mol. The molecule has 2 amide bonds. The second-order valence-electron chi connectivity index (χ2n) is 3.29. The molecular weight excluding hydrogens is 253 g/mol. The molecule has 2 aromatic rings. The molecule has 4 nitrogen and oxygen atoms in total. The van der Waals surface area contributed by atoms with E-state index in [1.807, 2.05) is 0 Å². The highest BCUT2D eigenvalue weighted by Gasteiger charge is 2.00. The molecule has 0 spiro atoms. The maximum atomic E-state index is 13.2. The van der Waals surface area contributed by atoms with Crippen LogP contribution in [0.3, 0.4) is 0 Å². The van der Waals surface area contributed by atoms with Gasteiger partial charge in [0.2, 0.25) is 0 Å². The Morgan fingerprint density at radius 2 is 2.22 bits per heavy atom. The number of amides is 2. The van der Waals surface area contributed by atoms with Gasteiger partial charge in [0.25, 0.3) is 0 Å². The summed E-state index contributed by atoms with van der Waals surface area (Å²) in [5.74, 6) is -0.337. The lowest BCUT2D eigenvalue weighted by Crippen LogP contribution is -2.23. The van der Waals surface area contributed by atoms with Gasteiger partial charge in [-0.1, -0.05) is 18.2 Å². The number of anilines is 1. The number of nitrogens with zero attached hydrogens (tertiary/aromatic N) is 1. The number of carbonyl (C=O) groups excluding carboxylic acids is 1. The number of aromatic nitrogens is 1. The normalized spacial score (nSPS) is 10.5. The van der Waals surface area contributed by atoms with Crippen LogP contribution >= 0.6 is 11.3 Å². The number of benzene rings is 1. The van der Waals surface area contributed by atoms with Gasteiger partial charge in [-0.15, -0.1) is 11.3 Å². The smallest absolute Gasteiger partial charge is 0.314 e. The van der Waals surface area contributed by atoms with E-state index in [2.05, 4.69) is 15.6 Å². The Kier molecular flexibility index (Phi) is 4.03. The highest BCUT2D eigenvalue weighted by molar-refractivity contribution is 7.13. The predicted octanol–water partition coefficient (Wildman–Crippen LogP) is 3.07. The molecule has 0 bridgehead atoms. The van der Waals surface area contributed by atoms with E-state index in [1.165, 1.54) is 29.7 Å². The number of halogens is 1. The van der Waals surface area contributed by atoms with Crippen LogP contribution in [-0.4, -0.2) is 11.0 Å². The van der Waals surface area contributed by atoms with Crippen LogP contribution in [0.25, 0.3) is 6.08 Å². The summed E-state index contributed by atoms with van der Waals surface area (Å²) in [6, 6.07) is 5.88. The lowest BCUT2D eigenvalue weighted by atomic mass is 10.2. The highest BCUT2D eigenvalue weighted by Crippen LogP contribution is 2.10. The zero-order chi connectivity index (χ0) is 12.8. The van der Waals surface area contributed by atoms with Gasteiger partial charge in [0.1, 0.15) is 5.82 Å². The molecule has 0 aliphatic carbocycles. The first-order valence-electron chi connectivity index (χ1n) is 5.14. The monoisotopic (exact) mass is 263 g/mol. The highest BCUT2D eigenvalue weighted by atomic mass is 32.1. The van der Waals surface area contributed by atoms with Crippen molar-refractivity contribution in [3.63, 3.8) is 0 Å². The van der Waals surface area contributed by atoms with Crippen LogP contribution in [0.5, 0.6) is 0 Å². The van der Waals surface area contributed by atoms with Gasteiger partial charge in [-0.25, -0.2) is 14.2 Å². The fraction of sp³-hybridized carbons (Fsp3) is 0. The number of hydrogen-bond donors (Lipinski definition) is 2. The van der Waals surface area contributed by atoms with E-state index in [0.29, 0.717) is 10.7 Å². The summed E-state index contributed by atoms with van der Waals surface area (Å²) >= 11 is 1.32. The van der Waals surface area contributed by atoms with E-state index in [9.17, 15) is 9.18 Å². The van der Waals surface area contributed by atoms with Crippen LogP contribution in [-0.2, 0) is 0 Å². The minimum absolute atomic E-state index is 0.337. The molecule has 0 unspecified atom stereocenters. The Balaban J connectivity index is 1.88. The quantitative estimate of drug-likeness (QED) is 0.894. The largest absolute Gasteiger partial charge is 0.325 e. The molecule has 6 heteroatoms. The third kappa shape index (κ3) is 3.39. The maximum absolute atomic E-state index is 13.2. The number of urea groups is 1. The van der Waals surface area contributed by atoms with Crippen molar-refractivity contribution >= 4 is 28.6 Å². The van der Waals surface area contributed by atoms with Crippen LogP contribution in [0, 0.1) is 5.82 Å². The predicted molar refractivity (Wildman–Crippen MR) is 69.7 cm³/mol. The fourth-order valence-electron chi connectivity index (χ4n) is 1.24. The zero-order valence-electron chi connectivity index (χ0n) is 9.26. The molecule has 2 rings (SSSR count). The molecule has 0 atom stereocenters. The van der Waals surface area contributed by atoms with E-state index in [-0.39, 0.29) is 5.82 Å². The van der Waals surface area contributed by atoms with Gasteiger partial charge < -0.3 is 5.32 Å². The van der Waals surface area contributed by atoms with Crippen molar-refractivity contribution in [2.24, 2.45) is 0 Å². The third-order valence-corrected chi connectivity index (χ3v) is 2.72. The minimum atomic E-state index is -0.419. The van der Waals surface area contributed by atoms with Crippen molar-refractivity contribution in [3.05, 3.63) is 53.4 Å². The van der Waals surface area contributed by atoms with Gasteiger partial charge in [-0.3, -0.25) is 5.32 Å². The van der Waals surface area contributed by atoms with Gasteiger partial charge >= 0.3 is 6.03 Å². The van der Waals surface area contributed by atoms with Crippen molar-refractivity contribution in [2.75, 3.05) is 5.32 Å². The Morgan fingerprint density at radius 3 is 2.94 bits per heavy atom. The van der Waals surface area contributed by atoms with Gasteiger partial charge in [0.05, 0.1) is 0 Å². The molecule has 92 valence electrons. The average Bonchev–Trinajstić information content (AvgIpc) is 2.84. The van der Waals surface area contributed by atoms with E-state index in [0.717, 1.165) is 0 Å². The number of thiazole rings is 1. The van der Waals surface area contributed by atoms with E-state index in [4.69, 9.17) is 0 Å². The Bertz CT molecular complexity index is 554. The van der Waals surface area contributed by atoms with Crippen LogP contribution < -0.4 is 10.6 Å². The summed E-state index contributed by atoms with van der Waals surface area (Å²) in [4.78, 5) is 15.3. The van der Waals surface area contributed by atoms with Crippen molar-refractivity contribution in [3.8, 4) is 0 Å². The van der Waals surface area contributed by atoms with E-state index in [1.54, 1.807) is 29.8 Å². The summed E-state index contributed by atoms with van der Waals surface area (Å²) in [7, 11) is 0. The number of rotatable bonds is 3. The summed E-state index contributed by atoms with van der Waals surface area (Å²) < 4.78 is 13.2. The number of carbonyl (C=O) groups is 1. The first-order valence-corrected chi connectivity index (χ1v) is 6.02. The molecule has 0 fully saturated rings. The topological polar surface area (TPSA) is 54.0 Å². The summed E-state index contributed by atoms with van der Waals surface area (Å²) in [5.41, 5.74) is 0.409. The fourth-order valence-corrected chi connectivity index (χ4v) is 1.76. The van der Waals surface area contributed by atoms with Crippen molar-refractivity contribution in [1.29, 1.82) is 0 Å². The van der Waals surface area contributed by atoms with Gasteiger partial charge in [0.15, 0.2) is 5.13 Å². The lowest BCUT2D eigenvalue weighted by molar-refractivity contribution is 0.255. The SMILES string of the molecule is O=C(N/C=C/c1ccccc1F)Nc1nccs1. The lowest BCUT2D eigenvalue weighted by Gasteiger charge is -2.00. The molecule has 1 aromatic carbocycles. The van der Waals surface area contributed by atoms with Crippen LogP contribution in [0.1, 0.15) is 5.56 Å². The summed E-state index contributed by atoms with van der Waals surface area (Å²) in [6.45, 7) is 0. The van der Waals surface area contributed by atoms with Gasteiger partial charge in [0, 0.05) is 23.3 Å². The summed E-state index contributed by atoms with van der Waals surface area (Å²) in [5, 5.41) is 7.26. The second-order valence-corrected chi connectivity index (χ2v) is 4.19.